The lowest BCUT2D eigenvalue weighted by atomic mass is 9.68. The number of rotatable bonds is 11. The van der Waals surface area contributed by atoms with Crippen LogP contribution < -0.4 is 9.47 Å². The Kier molecular flexibility index (Phi) is 10.2. The summed E-state index contributed by atoms with van der Waals surface area (Å²) in [4.78, 5) is -10.7. The van der Waals surface area contributed by atoms with E-state index in [4.69, 9.17) is 0 Å². The van der Waals surface area contributed by atoms with Crippen molar-refractivity contribution in [1.82, 2.24) is 0 Å². The van der Waals surface area contributed by atoms with Gasteiger partial charge in [0.05, 0.1) is 9.79 Å². The Balaban J connectivity index is 1.90. The van der Waals surface area contributed by atoms with Crippen LogP contribution in [0.2, 0.25) is 0 Å². The molecule has 0 unspecified atom stereocenters. The molecule has 0 fully saturated rings. The molecule has 0 aliphatic rings. The molecule has 4 rings (SSSR count). The Morgan fingerprint density at radius 1 is 0.469 bits per heavy atom. The third-order valence-corrected chi connectivity index (χ3v) is 9.58. The van der Waals surface area contributed by atoms with Gasteiger partial charge in [-0.25, -0.2) is 12.8 Å². The van der Waals surface area contributed by atoms with Crippen molar-refractivity contribution in [2.75, 3.05) is 0 Å². The largest absolute Gasteiger partial charge is 0.475 e. The highest BCUT2D eigenvalue weighted by molar-refractivity contribution is 9.10. The van der Waals surface area contributed by atoms with E-state index in [1.54, 1.807) is 0 Å². The average molecular weight is 860 g/mol. The number of hydrogen-bond donors (Lipinski definition) is 0. The van der Waals surface area contributed by atoms with Gasteiger partial charge in [0.1, 0.15) is 22.7 Å². The zero-order valence-electron chi connectivity index (χ0n) is 23.6. The van der Waals surface area contributed by atoms with Crippen molar-refractivity contribution in [3.8, 4) is 11.5 Å². The fraction of sp³-hybridized carbons (Fsp3) is 0.200. The molecule has 0 aliphatic carbocycles. The molecule has 49 heavy (non-hydrogen) atoms. The van der Waals surface area contributed by atoms with Gasteiger partial charge < -0.3 is 9.47 Å². The maximum Gasteiger partial charge on any atom is 0.475 e. The molecule has 0 heterocycles. The topological polar surface area (TPSA) is 52.6 Å². The van der Waals surface area contributed by atoms with E-state index in [2.05, 4.69) is 9.47 Å². The first-order chi connectivity index (χ1) is 22.3. The van der Waals surface area contributed by atoms with Crippen molar-refractivity contribution in [3.63, 3.8) is 0 Å². The van der Waals surface area contributed by atoms with E-state index in [0.717, 1.165) is 48.5 Å². The van der Waals surface area contributed by atoms with Crippen LogP contribution in [0, 0.1) is 5.82 Å². The quantitative estimate of drug-likeness (QED) is 0.0653. The molecule has 0 aliphatic heterocycles. The third kappa shape index (κ3) is 7.52. The van der Waals surface area contributed by atoms with Crippen molar-refractivity contribution in [3.05, 3.63) is 120 Å². The fourth-order valence-corrected chi connectivity index (χ4v) is 6.01. The van der Waals surface area contributed by atoms with Gasteiger partial charge in [0.25, 0.3) is 0 Å². The number of benzene rings is 4. The number of ether oxygens (including phenoxy) is 2. The van der Waals surface area contributed by atoms with Crippen molar-refractivity contribution in [2.24, 2.45) is 0 Å². The summed E-state index contributed by atoms with van der Waals surface area (Å²) in [5, 5.41) is 0. The molecule has 0 N–H and O–H groups in total. The van der Waals surface area contributed by atoms with Gasteiger partial charge in [0.15, 0.2) is 0 Å². The molecule has 0 amide bonds. The Morgan fingerprint density at radius 2 is 0.755 bits per heavy atom. The Hall–Kier alpha value is -3.45. The predicted octanol–water partition coefficient (Wildman–Crippen LogP) is 10.5. The summed E-state index contributed by atoms with van der Waals surface area (Å²) in [5.41, 5.74) is -5.75. The van der Waals surface area contributed by atoms with E-state index in [-0.39, 0.29) is 0 Å². The van der Waals surface area contributed by atoms with Crippen LogP contribution in [-0.4, -0.2) is 36.5 Å². The van der Waals surface area contributed by atoms with Crippen LogP contribution in [-0.2, 0) is 15.3 Å². The van der Waals surface area contributed by atoms with Crippen LogP contribution >= 0.6 is 31.9 Å². The van der Waals surface area contributed by atoms with E-state index in [0.29, 0.717) is 48.5 Å². The summed E-state index contributed by atoms with van der Waals surface area (Å²) in [6.07, 6.45) is -15.8. The molecular formula is C30H16Br2F12O4S. The standard InChI is InChI=1S/C30H16Br2F12O4S/c31-26(34,35)29(41,42)47-21-9-1-17(2-10-21)25(28(38,39)40,18-3-11-22(12-4-18)48-30(43,44)27(32,36)37)19-5-13-23(14-6-19)49(45,46)24-15-7-20(33)8-16-24/h1-16H. The molecule has 4 nitrogen and oxygen atoms in total. The highest BCUT2D eigenvalue weighted by Gasteiger charge is 2.60. The van der Waals surface area contributed by atoms with Crippen LogP contribution in [0.5, 0.6) is 11.5 Å². The van der Waals surface area contributed by atoms with Crippen molar-refractivity contribution >= 4 is 41.7 Å². The summed E-state index contributed by atoms with van der Waals surface area (Å²) in [5.74, 6) is -2.79. The minimum atomic E-state index is -5.44. The van der Waals surface area contributed by atoms with E-state index >= 15 is 13.2 Å². The highest BCUT2D eigenvalue weighted by atomic mass is 79.9. The molecule has 0 saturated heterocycles. The highest BCUT2D eigenvalue weighted by Crippen LogP contribution is 2.52. The second kappa shape index (κ2) is 13.0. The predicted molar refractivity (Wildman–Crippen MR) is 156 cm³/mol. The van der Waals surface area contributed by atoms with E-state index in [1.165, 1.54) is 31.9 Å². The molecule has 0 atom stereocenters. The maximum atomic E-state index is 15.5. The van der Waals surface area contributed by atoms with E-state index < -0.39 is 87.1 Å². The van der Waals surface area contributed by atoms with Gasteiger partial charge >= 0.3 is 28.1 Å². The minimum Gasteiger partial charge on any atom is -0.427 e. The van der Waals surface area contributed by atoms with Crippen molar-refractivity contribution in [2.45, 2.75) is 43.3 Å². The van der Waals surface area contributed by atoms with Crippen molar-refractivity contribution < 1.29 is 70.6 Å². The van der Waals surface area contributed by atoms with Crippen LogP contribution in [0.25, 0.3) is 0 Å². The maximum absolute atomic E-state index is 15.5. The van der Waals surface area contributed by atoms with Crippen LogP contribution in [0.3, 0.4) is 0 Å². The van der Waals surface area contributed by atoms with Crippen molar-refractivity contribution in [1.29, 1.82) is 0 Å². The number of alkyl halides is 13. The average Bonchev–Trinajstić information content (AvgIpc) is 2.97. The van der Waals surface area contributed by atoms with Gasteiger partial charge in [0.2, 0.25) is 9.84 Å². The molecule has 19 heteroatoms. The molecule has 264 valence electrons. The van der Waals surface area contributed by atoms with Gasteiger partial charge in [0, 0.05) is 31.9 Å². The smallest absolute Gasteiger partial charge is 0.427 e. The Labute approximate surface area is 285 Å². The lowest BCUT2D eigenvalue weighted by Gasteiger charge is -2.38. The third-order valence-electron chi connectivity index (χ3n) is 6.87. The van der Waals surface area contributed by atoms with Gasteiger partial charge in [-0.15, -0.1) is 0 Å². The minimum absolute atomic E-state index is 0.411. The Morgan fingerprint density at radius 3 is 1.04 bits per heavy atom. The first kappa shape index (κ1) is 38.4. The summed E-state index contributed by atoms with van der Waals surface area (Å²) in [6.45, 7) is 0. The molecule has 4 aromatic carbocycles. The summed E-state index contributed by atoms with van der Waals surface area (Å²) in [7, 11) is -4.41. The van der Waals surface area contributed by atoms with Gasteiger partial charge in [-0.1, -0.05) is 36.4 Å². The number of sulfone groups is 1. The summed E-state index contributed by atoms with van der Waals surface area (Å²) < 4.78 is 202. The zero-order chi connectivity index (χ0) is 36.8. The zero-order valence-corrected chi connectivity index (χ0v) is 27.6. The first-order valence-electron chi connectivity index (χ1n) is 13.0. The molecule has 0 bridgehead atoms. The molecule has 0 radical (unpaired) electrons. The molecule has 0 aromatic heterocycles. The lowest BCUT2D eigenvalue weighted by molar-refractivity contribution is -0.266. The number of halogens is 14. The van der Waals surface area contributed by atoms with Crippen LogP contribution in [0.15, 0.2) is 107 Å². The second-order valence-electron chi connectivity index (χ2n) is 10.0. The van der Waals surface area contributed by atoms with Gasteiger partial charge in [-0.2, -0.15) is 48.3 Å². The van der Waals surface area contributed by atoms with Gasteiger partial charge in [-0.3, -0.25) is 0 Å². The first-order valence-corrected chi connectivity index (χ1v) is 16.1. The Bertz CT molecular complexity index is 1800. The summed E-state index contributed by atoms with van der Waals surface area (Å²) >= 11 is 2.89. The lowest BCUT2D eigenvalue weighted by Crippen LogP contribution is -2.44. The van der Waals surface area contributed by atoms with E-state index in [9.17, 15) is 47.9 Å². The molecular weight excluding hydrogens is 844 g/mol. The normalized spacial score (nSPS) is 13.7. The molecule has 4 aromatic rings. The van der Waals surface area contributed by atoms with Crippen LogP contribution in [0.1, 0.15) is 16.7 Å². The SMILES string of the molecule is O=S(=O)(c1ccc(F)cc1)c1ccc(C(c2ccc(OC(F)(F)C(F)(F)Br)cc2)(c2ccc(OC(F)(F)C(F)(F)Br)cc2)C(F)(F)F)cc1. The van der Waals surface area contributed by atoms with E-state index in [1.807, 2.05) is 0 Å². The number of hydrogen-bond acceptors (Lipinski definition) is 4. The van der Waals surface area contributed by atoms with Crippen LogP contribution in [0.4, 0.5) is 52.7 Å². The van der Waals surface area contributed by atoms with Gasteiger partial charge in [-0.05, 0) is 77.4 Å². The molecule has 0 spiro atoms. The monoisotopic (exact) mass is 858 g/mol. The second-order valence-corrected chi connectivity index (χ2v) is 14.0. The fourth-order valence-electron chi connectivity index (χ4n) is 4.58. The summed E-state index contributed by atoms with van der Waals surface area (Å²) in [6, 6.07) is 10.9. The molecule has 0 saturated carbocycles.